The van der Waals surface area contributed by atoms with Crippen LogP contribution in [0.15, 0.2) is 18.2 Å². The van der Waals surface area contributed by atoms with E-state index in [2.05, 4.69) is 4.98 Å². The van der Waals surface area contributed by atoms with Crippen LogP contribution in [0.3, 0.4) is 0 Å². The number of carboxylic acid groups (broad SMARTS) is 1. The van der Waals surface area contributed by atoms with E-state index in [1.54, 1.807) is 12.1 Å². The van der Waals surface area contributed by atoms with Gasteiger partial charge in [-0.15, -0.1) is 0 Å². The quantitative estimate of drug-likeness (QED) is 0.920. The van der Waals surface area contributed by atoms with Gasteiger partial charge in [0.15, 0.2) is 0 Å². The van der Waals surface area contributed by atoms with E-state index >= 15 is 0 Å². The number of aromatic carboxylic acids is 1. The molecule has 0 aliphatic carbocycles. The molecule has 0 aliphatic rings. The van der Waals surface area contributed by atoms with Crippen LogP contribution in [-0.4, -0.2) is 27.7 Å². The van der Waals surface area contributed by atoms with Gasteiger partial charge in [-0.3, -0.25) is 0 Å². The SMILES string of the molecule is COc1ccc(-n2c(C)nc(C)c2C)cc1C(=O)O. The topological polar surface area (TPSA) is 64.4 Å². The predicted octanol–water partition coefficient (Wildman–Crippen LogP) is 2.50. The second-order valence-corrected chi connectivity index (χ2v) is 4.35. The smallest absolute Gasteiger partial charge is 0.339 e. The number of methoxy groups -OCH3 is 1. The van der Waals surface area contributed by atoms with Crippen molar-refractivity contribution in [1.29, 1.82) is 0 Å². The lowest BCUT2D eigenvalue weighted by Crippen LogP contribution is -2.05. The predicted molar refractivity (Wildman–Crippen MR) is 71.3 cm³/mol. The molecule has 0 radical (unpaired) electrons. The highest BCUT2D eigenvalue weighted by molar-refractivity contribution is 5.91. The van der Waals surface area contributed by atoms with Crippen molar-refractivity contribution in [3.05, 3.63) is 41.0 Å². The van der Waals surface area contributed by atoms with E-state index in [0.717, 1.165) is 22.9 Å². The second kappa shape index (κ2) is 4.76. The first-order chi connectivity index (χ1) is 8.95. The van der Waals surface area contributed by atoms with Crippen LogP contribution >= 0.6 is 0 Å². The molecule has 1 heterocycles. The molecule has 0 saturated heterocycles. The van der Waals surface area contributed by atoms with Crippen LogP contribution in [0, 0.1) is 20.8 Å². The third kappa shape index (κ3) is 2.19. The molecule has 0 amide bonds. The maximum atomic E-state index is 11.2. The molecule has 1 aromatic heterocycles. The van der Waals surface area contributed by atoms with E-state index in [-0.39, 0.29) is 5.56 Å². The lowest BCUT2D eigenvalue weighted by molar-refractivity contribution is 0.0693. The van der Waals surface area contributed by atoms with E-state index in [1.165, 1.54) is 7.11 Å². The maximum Gasteiger partial charge on any atom is 0.339 e. The van der Waals surface area contributed by atoms with Crippen molar-refractivity contribution in [3.8, 4) is 11.4 Å². The number of aromatic nitrogens is 2. The van der Waals surface area contributed by atoms with Crippen LogP contribution < -0.4 is 4.74 Å². The molecule has 2 aromatic rings. The van der Waals surface area contributed by atoms with Crippen LogP contribution in [0.4, 0.5) is 0 Å². The molecule has 2 rings (SSSR count). The van der Waals surface area contributed by atoms with Gasteiger partial charge in [0.1, 0.15) is 17.1 Å². The number of hydrogen-bond acceptors (Lipinski definition) is 3. The molecule has 0 bridgehead atoms. The molecule has 0 aliphatic heterocycles. The summed E-state index contributed by atoms with van der Waals surface area (Å²) >= 11 is 0. The summed E-state index contributed by atoms with van der Waals surface area (Å²) in [7, 11) is 1.46. The van der Waals surface area contributed by atoms with Gasteiger partial charge in [-0.25, -0.2) is 9.78 Å². The van der Waals surface area contributed by atoms with Crippen molar-refractivity contribution in [3.63, 3.8) is 0 Å². The molecule has 0 unspecified atom stereocenters. The van der Waals surface area contributed by atoms with Crippen molar-refractivity contribution < 1.29 is 14.6 Å². The Hall–Kier alpha value is -2.30. The standard InChI is InChI=1S/C14H16N2O3/c1-8-9(2)16(10(3)15-8)11-5-6-13(19-4)12(7-11)14(17)18/h5-7H,1-4H3,(H,17,18). The number of aryl methyl sites for hydroxylation is 2. The van der Waals surface area contributed by atoms with Crippen molar-refractivity contribution in [2.45, 2.75) is 20.8 Å². The van der Waals surface area contributed by atoms with E-state index in [9.17, 15) is 9.90 Å². The first-order valence-corrected chi connectivity index (χ1v) is 5.90. The summed E-state index contributed by atoms with van der Waals surface area (Å²) in [6, 6.07) is 5.08. The van der Waals surface area contributed by atoms with Gasteiger partial charge in [0.05, 0.1) is 12.8 Å². The largest absolute Gasteiger partial charge is 0.496 e. The summed E-state index contributed by atoms with van der Waals surface area (Å²) in [5.41, 5.74) is 2.85. The van der Waals surface area contributed by atoms with Crippen LogP contribution in [0.2, 0.25) is 0 Å². The first kappa shape index (κ1) is 13.1. The Morgan fingerprint density at radius 1 is 1.32 bits per heavy atom. The summed E-state index contributed by atoms with van der Waals surface area (Å²) in [5, 5.41) is 9.21. The van der Waals surface area contributed by atoms with Crippen LogP contribution in [-0.2, 0) is 0 Å². The fraction of sp³-hybridized carbons (Fsp3) is 0.286. The zero-order chi connectivity index (χ0) is 14.2. The Labute approximate surface area is 111 Å². The van der Waals surface area contributed by atoms with Gasteiger partial charge in [-0.05, 0) is 39.0 Å². The monoisotopic (exact) mass is 260 g/mol. The Morgan fingerprint density at radius 2 is 2.00 bits per heavy atom. The maximum absolute atomic E-state index is 11.2. The fourth-order valence-corrected chi connectivity index (χ4v) is 2.16. The highest BCUT2D eigenvalue weighted by Gasteiger charge is 2.15. The van der Waals surface area contributed by atoms with Gasteiger partial charge >= 0.3 is 5.97 Å². The number of carbonyl (C=O) groups is 1. The van der Waals surface area contributed by atoms with E-state index in [0.29, 0.717) is 5.75 Å². The van der Waals surface area contributed by atoms with Crippen molar-refractivity contribution in [1.82, 2.24) is 9.55 Å². The summed E-state index contributed by atoms with van der Waals surface area (Å²) in [5.74, 6) is 0.172. The van der Waals surface area contributed by atoms with Gasteiger partial charge in [0, 0.05) is 11.4 Å². The second-order valence-electron chi connectivity index (χ2n) is 4.35. The lowest BCUT2D eigenvalue weighted by Gasteiger charge is -2.11. The third-order valence-electron chi connectivity index (χ3n) is 3.18. The molecular formula is C14H16N2O3. The Bertz CT molecular complexity index is 644. The third-order valence-corrected chi connectivity index (χ3v) is 3.18. The number of carboxylic acids is 1. The van der Waals surface area contributed by atoms with Gasteiger partial charge in [0.2, 0.25) is 0 Å². The molecule has 1 aromatic carbocycles. The normalized spacial score (nSPS) is 10.5. The summed E-state index contributed by atoms with van der Waals surface area (Å²) in [6.45, 7) is 5.78. The average Bonchev–Trinajstić information content (AvgIpc) is 2.62. The van der Waals surface area contributed by atoms with Gasteiger partial charge in [0.25, 0.3) is 0 Å². The molecular weight excluding hydrogens is 244 g/mol. The number of rotatable bonds is 3. The molecule has 100 valence electrons. The zero-order valence-corrected chi connectivity index (χ0v) is 11.4. The molecule has 0 fully saturated rings. The number of benzene rings is 1. The minimum absolute atomic E-state index is 0.144. The minimum Gasteiger partial charge on any atom is -0.496 e. The van der Waals surface area contributed by atoms with Crippen molar-refractivity contribution in [2.75, 3.05) is 7.11 Å². The summed E-state index contributed by atoms with van der Waals surface area (Å²) < 4.78 is 6.99. The lowest BCUT2D eigenvalue weighted by atomic mass is 10.1. The van der Waals surface area contributed by atoms with Gasteiger partial charge < -0.3 is 14.4 Å². The molecule has 0 atom stereocenters. The van der Waals surface area contributed by atoms with Crippen LogP contribution in [0.25, 0.3) is 5.69 Å². The Morgan fingerprint density at radius 3 is 2.47 bits per heavy atom. The van der Waals surface area contributed by atoms with E-state index in [4.69, 9.17) is 4.74 Å². The molecule has 0 saturated carbocycles. The first-order valence-electron chi connectivity index (χ1n) is 5.90. The number of imidazole rings is 1. The fourth-order valence-electron chi connectivity index (χ4n) is 2.16. The van der Waals surface area contributed by atoms with Crippen LogP contribution in [0.1, 0.15) is 27.6 Å². The highest BCUT2D eigenvalue weighted by Crippen LogP contribution is 2.24. The molecule has 5 nitrogen and oxygen atoms in total. The van der Waals surface area contributed by atoms with E-state index < -0.39 is 5.97 Å². The zero-order valence-electron chi connectivity index (χ0n) is 11.4. The summed E-state index contributed by atoms with van der Waals surface area (Å²) in [6.07, 6.45) is 0. The number of hydrogen-bond donors (Lipinski definition) is 1. The molecule has 19 heavy (non-hydrogen) atoms. The molecule has 5 heteroatoms. The Kier molecular flexibility index (Phi) is 3.29. The van der Waals surface area contributed by atoms with Crippen LogP contribution in [0.5, 0.6) is 5.75 Å². The van der Waals surface area contributed by atoms with E-state index in [1.807, 2.05) is 31.4 Å². The minimum atomic E-state index is -1.01. The van der Waals surface area contributed by atoms with Crippen molar-refractivity contribution in [2.24, 2.45) is 0 Å². The van der Waals surface area contributed by atoms with Gasteiger partial charge in [-0.1, -0.05) is 0 Å². The van der Waals surface area contributed by atoms with Crippen molar-refractivity contribution >= 4 is 5.97 Å². The summed E-state index contributed by atoms with van der Waals surface area (Å²) in [4.78, 5) is 15.6. The number of nitrogens with zero attached hydrogens (tertiary/aromatic N) is 2. The average molecular weight is 260 g/mol. The Balaban J connectivity index is 2.64. The number of ether oxygens (including phenoxy) is 1. The molecule has 1 N–H and O–H groups in total. The van der Waals surface area contributed by atoms with Gasteiger partial charge in [-0.2, -0.15) is 0 Å². The molecule has 0 spiro atoms. The highest BCUT2D eigenvalue weighted by atomic mass is 16.5.